The van der Waals surface area contributed by atoms with E-state index in [1.807, 2.05) is 0 Å². The number of nitrogens with one attached hydrogen (secondary N) is 2. The first-order chi connectivity index (χ1) is 7.13. The Morgan fingerprint density at radius 1 is 1.27 bits per heavy atom. The van der Waals surface area contributed by atoms with Crippen molar-refractivity contribution in [1.29, 1.82) is 0 Å². The molecule has 0 saturated carbocycles. The van der Waals surface area contributed by atoms with Gasteiger partial charge in [0.1, 0.15) is 0 Å². The first kappa shape index (κ1) is 11.2. The van der Waals surface area contributed by atoms with E-state index in [-0.39, 0.29) is 0 Å². The minimum absolute atomic E-state index is 0.409. The second kappa shape index (κ2) is 4.54. The molecular formula is C10H15N3O2. The molecule has 0 aliphatic rings. The first-order valence-electron chi connectivity index (χ1n) is 4.51. The Labute approximate surface area is 88.6 Å². The van der Waals surface area contributed by atoms with Crippen molar-refractivity contribution in [3.05, 3.63) is 17.7 Å². The first-order valence-corrected chi connectivity index (χ1v) is 4.51. The standard InChI is InChI=1S/C10H15N3O2/c1-12-8-5-9(13-2)7(11)4-6(8)10(14)15-3/h4-5,12-13H,11H2,1-3H3. The van der Waals surface area contributed by atoms with Gasteiger partial charge in [-0.1, -0.05) is 0 Å². The summed E-state index contributed by atoms with van der Waals surface area (Å²) in [5.41, 5.74) is 8.14. The Kier molecular flexibility index (Phi) is 3.38. The van der Waals surface area contributed by atoms with Gasteiger partial charge in [-0.2, -0.15) is 0 Å². The number of nitrogen functional groups attached to an aromatic ring is 1. The van der Waals surface area contributed by atoms with Crippen LogP contribution in [0, 0.1) is 0 Å². The zero-order chi connectivity index (χ0) is 11.4. The van der Waals surface area contributed by atoms with E-state index in [1.54, 1.807) is 26.2 Å². The molecule has 5 nitrogen and oxygen atoms in total. The summed E-state index contributed by atoms with van der Waals surface area (Å²) in [5.74, 6) is -0.409. The number of carbonyl (C=O) groups excluding carboxylic acids is 1. The lowest BCUT2D eigenvalue weighted by Crippen LogP contribution is -2.08. The highest BCUT2D eigenvalue weighted by atomic mass is 16.5. The Morgan fingerprint density at radius 3 is 2.33 bits per heavy atom. The topological polar surface area (TPSA) is 76.4 Å². The molecule has 0 bridgehead atoms. The van der Waals surface area contributed by atoms with Gasteiger partial charge in [0.25, 0.3) is 0 Å². The fourth-order valence-electron chi connectivity index (χ4n) is 1.32. The molecule has 1 aromatic rings. The fraction of sp³-hybridized carbons (Fsp3) is 0.300. The van der Waals surface area contributed by atoms with Crippen LogP contribution in [0.1, 0.15) is 10.4 Å². The van der Waals surface area contributed by atoms with Gasteiger partial charge in [0.15, 0.2) is 0 Å². The van der Waals surface area contributed by atoms with Gasteiger partial charge in [-0.3, -0.25) is 0 Å². The van der Waals surface area contributed by atoms with E-state index in [2.05, 4.69) is 15.4 Å². The third-order valence-electron chi connectivity index (χ3n) is 2.13. The highest BCUT2D eigenvalue weighted by Crippen LogP contribution is 2.27. The maximum absolute atomic E-state index is 11.4. The van der Waals surface area contributed by atoms with Gasteiger partial charge < -0.3 is 21.1 Å². The normalized spacial score (nSPS) is 9.53. The Hall–Kier alpha value is -1.91. The molecule has 0 aromatic heterocycles. The third-order valence-corrected chi connectivity index (χ3v) is 2.13. The van der Waals surface area contributed by atoms with E-state index in [4.69, 9.17) is 5.73 Å². The summed E-state index contributed by atoms with van der Waals surface area (Å²) in [7, 11) is 4.84. The van der Waals surface area contributed by atoms with Gasteiger partial charge in [0, 0.05) is 14.1 Å². The average molecular weight is 209 g/mol. The van der Waals surface area contributed by atoms with Crippen LogP contribution in [-0.2, 0) is 4.74 Å². The number of ether oxygens (including phenoxy) is 1. The molecule has 1 aromatic carbocycles. The number of anilines is 3. The maximum atomic E-state index is 11.4. The predicted octanol–water partition coefficient (Wildman–Crippen LogP) is 1.14. The van der Waals surface area contributed by atoms with E-state index >= 15 is 0 Å². The summed E-state index contributed by atoms with van der Waals surface area (Å²) in [4.78, 5) is 11.4. The van der Waals surface area contributed by atoms with Gasteiger partial charge >= 0.3 is 5.97 Å². The molecule has 0 unspecified atom stereocenters. The minimum atomic E-state index is -0.409. The number of rotatable bonds is 3. The third kappa shape index (κ3) is 2.12. The minimum Gasteiger partial charge on any atom is -0.465 e. The second-order valence-electron chi connectivity index (χ2n) is 2.98. The van der Waals surface area contributed by atoms with Gasteiger partial charge in [-0.15, -0.1) is 0 Å². The summed E-state index contributed by atoms with van der Waals surface area (Å²) >= 11 is 0. The van der Waals surface area contributed by atoms with Gasteiger partial charge in [0.2, 0.25) is 0 Å². The molecule has 5 heteroatoms. The monoisotopic (exact) mass is 209 g/mol. The largest absolute Gasteiger partial charge is 0.465 e. The van der Waals surface area contributed by atoms with E-state index in [9.17, 15) is 4.79 Å². The van der Waals surface area contributed by atoms with Crippen LogP contribution in [0.4, 0.5) is 17.1 Å². The number of methoxy groups -OCH3 is 1. The maximum Gasteiger partial charge on any atom is 0.340 e. The van der Waals surface area contributed by atoms with Crippen molar-refractivity contribution in [3.8, 4) is 0 Å². The molecule has 0 saturated heterocycles. The highest BCUT2D eigenvalue weighted by Gasteiger charge is 2.13. The SMILES string of the molecule is CNc1cc(NC)c(C(=O)OC)cc1N. The number of esters is 1. The molecule has 0 fully saturated rings. The molecule has 4 N–H and O–H groups in total. The van der Waals surface area contributed by atoms with Crippen molar-refractivity contribution < 1.29 is 9.53 Å². The molecule has 0 atom stereocenters. The quantitative estimate of drug-likeness (QED) is 0.514. The number of nitrogens with two attached hydrogens (primary N) is 1. The van der Waals surface area contributed by atoms with Crippen LogP contribution in [0.2, 0.25) is 0 Å². The second-order valence-corrected chi connectivity index (χ2v) is 2.98. The summed E-state index contributed by atoms with van der Waals surface area (Å²) in [6.07, 6.45) is 0. The Bertz CT molecular complexity index is 377. The van der Waals surface area contributed by atoms with Crippen molar-refractivity contribution >= 4 is 23.0 Å². The summed E-state index contributed by atoms with van der Waals surface area (Å²) in [6.45, 7) is 0. The number of hydrogen-bond acceptors (Lipinski definition) is 5. The van der Waals surface area contributed by atoms with Crippen LogP contribution in [0.25, 0.3) is 0 Å². The van der Waals surface area contributed by atoms with Crippen molar-refractivity contribution in [3.63, 3.8) is 0 Å². The lowest BCUT2D eigenvalue weighted by atomic mass is 10.1. The smallest absolute Gasteiger partial charge is 0.340 e. The zero-order valence-electron chi connectivity index (χ0n) is 9.05. The summed E-state index contributed by atoms with van der Waals surface area (Å²) in [6, 6.07) is 3.35. The van der Waals surface area contributed by atoms with Crippen molar-refractivity contribution in [2.45, 2.75) is 0 Å². The highest BCUT2D eigenvalue weighted by molar-refractivity contribution is 5.98. The molecule has 0 heterocycles. The molecule has 0 aliphatic heterocycles. The van der Waals surface area contributed by atoms with Crippen LogP contribution in [0.15, 0.2) is 12.1 Å². The van der Waals surface area contributed by atoms with Gasteiger partial charge in [0.05, 0.1) is 29.7 Å². The molecule has 0 aliphatic carbocycles. The fourth-order valence-corrected chi connectivity index (χ4v) is 1.32. The predicted molar refractivity (Wildman–Crippen MR) is 61.3 cm³/mol. The van der Waals surface area contributed by atoms with Crippen molar-refractivity contribution in [1.82, 2.24) is 0 Å². The van der Waals surface area contributed by atoms with Gasteiger partial charge in [-0.05, 0) is 12.1 Å². The molecule has 15 heavy (non-hydrogen) atoms. The van der Waals surface area contributed by atoms with Crippen molar-refractivity contribution in [2.24, 2.45) is 0 Å². The summed E-state index contributed by atoms with van der Waals surface area (Å²) < 4.78 is 4.65. The number of hydrogen-bond donors (Lipinski definition) is 3. The lowest BCUT2D eigenvalue weighted by Gasteiger charge is -2.12. The lowest BCUT2D eigenvalue weighted by molar-refractivity contribution is 0.0602. The van der Waals surface area contributed by atoms with Crippen LogP contribution in [-0.4, -0.2) is 27.2 Å². The molecule has 0 amide bonds. The Balaban J connectivity index is 3.27. The van der Waals surface area contributed by atoms with Crippen LogP contribution in [0.5, 0.6) is 0 Å². The number of carbonyl (C=O) groups is 1. The molecule has 1 rings (SSSR count). The van der Waals surface area contributed by atoms with Crippen LogP contribution in [0.3, 0.4) is 0 Å². The Morgan fingerprint density at radius 2 is 1.87 bits per heavy atom. The van der Waals surface area contributed by atoms with Crippen LogP contribution < -0.4 is 16.4 Å². The summed E-state index contributed by atoms with van der Waals surface area (Å²) in [5, 5.41) is 5.85. The van der Waals surface area contributed by atoms with E-state index < -0.39 is 5.97 Å². The molecule has 0 spiro atoms. The van der Waals surface area contributed by atoms with E-state index in [0.29, 0.717) is 16.9 Å². The van der Waals surface area contributed by atoms with E-state index in [1.165, 1.54) is 7.11 Å². The molecule has 0 radical (unpaired) electrons. The average Bonchev–Trinajstić information content (AvgIpc) is 2.27. The van der Waals surface area contributed by atoms with E-state index in [0.717, 1.165) is 5.69 Å². The van der Waals surface area contributed by atoms with Crippen LogP contribution >= 0.6 is 0 Å². The van der Waals surface area contributed by atoms with Crippen molar-refractivity contribution in [2.75, 3.05) is 37.6 Å². The molecular weight excluding hydrogens is 194 g/mol. The van der Waals surface area contributed by atoms with Gasteiger partial charge in [-0.25, -0.2) is 4.79 Å². The molecule has 82 valence electrons. The zero-order valence-corrected chi connectivity index (χ0v) is 9.05. The number of benzene rings is 1.